The van der Waals surface area contributed by atoms with Gasteiger partial charge in [-0.15, -0.1) is 0 Å². The highest BCUT2D eigenvalue weighted by atomic mass is 15.1. The molecular weight excluding hydrogens is 282 g/mol. The smallest absolute Gasteiger partial charge is 0.0624 e. The lowest BCUT2D eigenvalue weighted by atomic mass is 9.94. The zero-order valence-electron chi connectivity index (χ0n) is 14.1. The largest absolute Gasteiger partial charge is 0.296 e. The minimum atomic E-state index is 0.470. The first kappa shape index (κ1) is 17.2. The molecular formula is C20H25N3. The quantitative estimate of drug-likeness (QED) is 0.734. The van der Waals surface area contributed by atoms with Crippen molar-refractivity contribution in [1.82, 2.24) is 9.88 Å². The minimum Gasteiger partial charge on any atom is -0.296 e. The van der Waals surface area contributed by atoms with Crippen LogP contribution in [0.1, 0.15) is 36.6 Å². The van der Waals surface area contributed by atoms with Crippen molar-refractivity contribution in [1.29, 1.82) is 5.26 Å². The summed E-state index contributed by atoms with van der Waals surface area (Å²) >= 11 is 0. The van der Waals surface area contributed by atoms with Crippen LogP contribution in [0.2, 0.25) is 0 Å². The van der Waals surface area contributed by atoms with E-state index in [4.69, 9.17) is 5.26 Å². The molecule has 1 unspecified atom stereocenters. The maximum absolute atomic E-state index is 8.85. The van der Waals surface area contributed by atoms with Gasteiger partial charge in [0.05, 0.1) is 11.8 Å². The van der Waals surface area contributed by atoms with Gasteiger partial charge in [0.1, 0.15) is 0 Å². The Hall–Kier alpha value is -2.18. The van der Waals surface area contributed by atoms with Crippen LogP contribution in [-0.4, -0.2) is 16.9 Å². The number of nitrogens with zero attached hydrogens (tertiary/aromatic N) is 3. The maximum atomic E-state index is 8.85. The van der Waals surface area contributed by atoms with Gasteiger partial charge in [0.2, 0.25) is 0 Å². The third-order valence-electron chi connectivity index (χ3n) is 4.12. The van der Waals surface area contributed by atoms with E-state index in [1.165, 1.54) is 11.1 Å². The molecule has 1 aromatic carbocycles. The van der Waals surface area contributed by atoms with E-state index in [9.17, 15) is 0 Å². The van der Waals surface area contributed by atoms with Crippen molar-refractivity contribution in [2.45, 2.75) is 39.3 Å². The van der Waals surface area contributed by atoms with Crippen LogP contribution < -0.4 is 0 Å². The Morgan fingerprint density at radius 2 is 1.83 bits per heavy atom. The second-order valence-electron chi connectivity index (χ2n) is 6.15. The summed E-state index contributed by atoms with van der Waals surface area (Å²) in [5, 5.41) is 8.85. The van der Waals surface area contributed by atoms with Crippen molar-refractivity contribution in [3.05, 3.63) is 65.5 Å². The lowest BCUT2D eigenvalue weighted by molar-refractivity contribution is 0.315. The molecule has 0 amide bonds. The normalized spacial score (nSPS) is 12.1. The van der Waals surface area contributed by atoms with Crippen molar-refractivity contribution in [2.75, 3.05) is 7.05 Å². The van der Waals surface area contributed by atoms with Gasteiger partial charge in [0.15, 0.2) is 0 Å². The van der Waals surface area contributed by atoms with Gasteiger partial charge in [-0.1, -0.05) is 43.7 Å². The van der Waals surface area contributed by atoms with Gasteiger partial charge >= 0.3 is 0 Å². The van der Waals surface area contributed by atoms with Crippen LogP contribution in [0.25, 0.3) is 0 Å². The maximum Gasteiger partial charge on any atom is 0.0624 e. The zero-order chi connectivity index (χ0) is 16.5. The summed E-state index contributed by atoms with van der Waals surface area (Å²) in [7, 11) is 2.11. The van der Waals surface area contributed by atoms with Gasteiger partial charge in [-0.05, 0) is 42.6 Å². The highest BCUT2D eigenvalue weighted by Crippen LogP contribution is 2.16. The van der Waals surface area contributed by atoms with E-state index in [1.807, 2.05) is 18.3 Å². The number of hydrogen-bond donors (Lipinski definition) is 0. The van der Waals surface area contributed by atoms with Crippen LogP contribution in [-0.2, 0) is 19.5 Å². The number of nitriles is 1. The van der Waals surface area contributed by atoms with Gasteiger partial charge in [-0.2, -0.15) is 5.26 Å². The van der Waals surface area contributed by atoms with Gasteiger partial charge < -0.3 is 0 Å². The van der Waals surface area contributed by atoms with E-state index in [0.29, 0.717) is 12.3 Å². The van der Waals surface area contributed by atoms with E-state index in [2.05, 4.69) is 60.3 Å². The lowest BCUT2D eigenvalue weighted by Gasteiger charge is -2.17. The lowest BCUT2D eigenvalue weighted by Crippen LogP contribution is -2.17. The SMILES string of the molecule is CCC(CC#N)Cc1ccc(CN(C)Cc2ccccn2)cc1. The molecule has 0 N–H and O–H groups in total. The van der Waals surface area contributed by atoms with E-state index in [0.717, 1.165) is 31.6 Å². The highest BCUT2D eigenvalue weighted by molar-refractivity contribution is 5.23. The van der Waals surface area contributed by atoms with E-state index in [-0.39, 0.29) is 0 Å². The molecule has 1 atom stereocenters. The number of rotatable bonds is 8. The molecule has 0 aliphatic rings. The number of benzene rings is 1. The fourth-order valence-corrected chi connectivity index (χ4v) is 2.74. The molecule has 3 heteroatoms. The first-order valence-electron chi connectivity index (χ1n) is 8.24. The highest BCUT2D eigenvalue weighted by Gasteiger charge is 2.07. The second-order valence-corrected chi connectivity index (χ2v) is 6.15. The van der Waals surface area contributed by atoms with Crippen LogP contribution in [0.5, 0.6) is 0 Å². The average molecular weight is 307 g/mol. The Morgan fingerprint density at radius 1 is 1.09 bits per heavy atom. The van der Waals surface area contributed by atoms with Crippen LogP contribution >= 0.6 is 0 Å². The summed E-state index contributed by atoms with van der Waals surface area (Å²) in [6.07, 6.45) is 4.53. The number of aromatic nitrogens is 1. The Balaban J connectivity index is 1.88. The molecule has 0 aliphatic carbocycles. The van der Waals surface area contributed by atoms with Crippen LogP contribution in [0.3, 0.4) is 0 Å². The Bertz CT molecular complexity index is 614. The third-order valence-corrected chi connectivity index (χ3v) is 4.12. The van der Waals surface area contributed by atoms with E-state index in [1.54, 1.807) is 0 Å². The monoisotopic (exact) mass is 307 g/mol. The molecule has 0 bridgehead atoms. The Kier molecular flexibility index (Phi) is 6.77. The van der Waals surface area contributed by atoms with Gasteiger partial charge in [-0.25, -0.2) is 0 Å². The second kappa shape index (κ2) is 9.07. The van der Waals surface area contributed by atoms with E-state index >= 15 is 0 Å². The first-order chi connectivity index (χ1) is 11.2. The van der Waals surface area contributed by atoms with Crippen LogP contribution in [0, 0.1) is 17.2 Å². The van der Waals surface area contributed by atoms with Crippen molar-refractivity contribution < 1.29 is 0 Å². The molecule has 1 aromatic heterocycles. The Labute approximate surface area is 139 Å². The number of pyridine rings is 1. The molecule has 0 spiro atoms. The standard InChI is InChI=1S/C20H25N3/c1-3-17(11-12-21)14-18-7-9-19(10-8-18)15-23(2)16-20-6-4-5-13-22-20/h4-10,13,17H,3,11,14-16H2,1-2H3. The summed E-state index contributed by atoms with van der Waals surface area (Å²) in [4.78, 5) is 6.63. The molecule has 2 rings (SSSR count). The van der Waals surface area contributed by atoms with Crippen molar-refractivity contribution in [3.8, 4) is 6.07 Å². The first-order valence-corrected chi connectivity index (χ1v) is 8.24. The molecule has 23 heavy (non-hydrogen) atoms. The van der Waals surface area contributed by atoms with Crippen LogP contribution in [0.4, 0.5) is 0 Å². The Morgan fingerprint density at radius 3 is 2.43 bits per heavy atom. The van der Waals surface area contributed by atoms with Gasteiger partial charge in [0, 0.05) is 25.7 Å². The summed E-state index contributed by atoms with van der Waals surface area (Å²) in [5.41, 5.74) is 3.72. The minimum absolute atomic E-state index is 0.470. The average Bonchev–Trinajstić information content (AvgIpc) is 2.57. The third kappa shape index (κ3) is 5.84. The predicted molar refractivity (Wildman–Crippen MR) is 93.6 cm³/mol. The molecule has 0 aliphatic heterocycles. The van der Waals surface area contributed by atoms with Crippen molar-refractivity contribution in [2.24, 2.45) is 5.92 Å². The molecule has 120 valence electrons. The zero-order valence-corrected chi connectivity index (χ0v) is 14.1. The summed E-state index contributed by atoms with van der Waals surface area (Å²) in [5.74, 6) is 0.470. The summed E-state index contributed by atoms with van der Waals surface area (Å²) in [6.45, 7) is 3.91. The molecule has 3 nitrogen and oxygen atoms in total. The van der Waals surface area contributed by atoms with E-state index < -0.39 is 0 Å². The molecule has 0 saturated carbocycles. The molecule has 0 saturated heterocycles. The van der Waals surface area contributed by atoms with Gasteiger partial charge in [-0.3, -0.25) is 9.88 Å². The number of hydrogen-bond acceptors (Lipinski definition) is 3. The fraction of sp³-hybridized carbons (Fsp3) is 0.400. The molecule has 1 heterocycles. The summed E-state index contributed by atoms with van der Waals surface area (Å²) < 4.78 is 0. The van der Waals surface area contributed by atoms with Crippen LogP contribution in [0.15, 0.2) is 48.7 Å². The molecule has 0 radical (unpaired) electrons. The van der Waals surface area contributed by atoms with Crippen molar-refractivity contribution in [3.63, 3.8) is 0 Å². The molecule has 0 fully saturated rings. The topological polar surface area (TPSA) is 39.9 Å². The summed E-state index contributed by atoms with van der Waals surface area (Å²) in [6, 6.07) is 17.1. The van der Waals surface area contributed by atoms with Crippen molar-refractivity contribution >= 4 is 0 Å². The van der Waals surface area contributed by atoms with Gasteiger partial charge in [0.25, 0.3) is 0 Å². The predicted octanol–water partition coefficient (Wildman–Crippen LogP) is 4.20. The fourth-order valence-electron chi connectivity index (χ4n) is 2.74. The molecule has 2 aromatic rings.